The van der Waals surface area contributed by atoms with E-state index >= 15 is 0 Å². The Kier molecular flexibility index (Phi) is 4.44. The van der Waals surface area contributed by atoms with Crippen molar-refractivity contribution in [2.45, 2.75) is 20.0 Å². The van der Waals surface area contributed by atoms with E-state index in [1.807, 2.05) is 18.2 Å². The van der Waals surface area contributed by atoms with Gasteiger partial charge in [0.15, 0.2) is 0 Å². The van der Waals surface area contributed by atoms with Crippen LogP contribution in [0.15, 0.2) is 45.5 Å². The van der Waals surface area contributed by atoms with Crippen LogP contribution in [0.1, 0.15) is 18.2 Å². The highest BCUT2D eigenvalue weighted by Crippen LogP contribution is 2.25. The molecule has 4 heteroatoms. The van der Waals surface area contributed by atoms with E-state index in [9.17, 15) is 0 Å². The second-order valence-electron chi connectivity index (χ2n) is 4.07. The maximum Gasteiger partial charge on any atom is 0.123 e. The number of halogens is 1. The van der Waals surface area contributed by atoms with Gasteiger partial charge in [0.1, 0.15) is 5.76 Å². The lowest BCUT2D eigenvalue weighted by Crippen LogP contribution is -2.23. The second kappa shape index (κ2) is 6.07. The quantitative estimate of drug-likeness (QED) is 0.919. The zero-order valence-corrected chi connectivity index (χ0v) is 12.0. The van der Waals surface area contributed by atoms with Crippen molar-refractivity contribution in [2.75, 3.05) is 11.4 Å². The number of anilines is 1. The third kappa shape index (κ3) is 2.94. The summed E-state index contributed by atoms with van der Waals surface area (Å²) in [7, 11) is 0. The van der Waals surface area contributed by atoms with E-state index in [1.54, 1.807) is 6.26 Å². The van der Waals surface area contributed by atoms with Gasteiger partial charge in [0.25, 0.3) is 0 Å². The second-order valence-corrected chi connectivity index (χ2v) is 4.99. The highest BCUT2D eigenvalue weighted by Gasteiger charge is 2.11. The van der Waals surface area contributed by atoms with Gasteiger partial charge in [0.05, 0.1) is 12.8 Å². The molecule has 2 rings (SSSR count). The van der Waals surface area contributed by atoms with Crippen LogP contribution in [-0.4, -0.2) is 6.54 Å². The lowest BCUT2D eigenvalue weighted by Gasteiger charge is -2.24. The highest BCUT2D eigenvalue weighted by molar-refractivity contribution is 9.10. The van der Waals surface area contributed by atoms with Gasteiger partial charge in [-0.1, -0.05) is 15.9 Å². The molecule has 18 heavy (non-hydrogen) atoms. The van der Waals surface area contributed by atoms with Crippen LogP contribution in [0.5, 0.6) is 0 Å². The van der Waals surface area contributed by atoms with E-state index in [1.165, 1.54) is 5.69 Å². The molecule has 0 amide bonds. The molecule has 0 aliphatic rings. The van der Waals surface area contributed by atoms with Crippen molar-refractivity contribution >= 4 is 21.6 Å². The number of benzene rings is 1. The molecule has 0 spiro atoms. The van der Waals surface area contributed by atoms with E-state index in [0.29, 0.717) is 6.54 Å². The lowest BCUT2D eigenvalue weighted by atomic mass is 10.1. The predicted octanol–water partition coefficient (Wildman–Crippen LogP) is 3.53. The molecule has 3 nitrogen and oxygen atoms in total. The van der Waals surface area contributed by atoms with Gasteiger partial charge < -0.3 is 15.1 Å². The molecule has 96 valence electrons. The first-order valence-corrected chi connectivity index (χ1v) is 6.79. The molecule has 1 heterocycles. The molecule has 1 aromatic heterocycles. The fourth-order valence-electron chi connectivity index (χ4n) is 1.98. The molecule has 2 aromatic rings. The standard InChI is InChI=1S/C14H17BrN2O/c1-2-17(10-13-4-3-7-18-13)14-6-5-12(15)8-11(14)9-16/h3-8H,2,9-10,16H2,1H3. The van der Waals surface area contributed by atoms with Crippen LogP contribution in [0.25, 0.3) is 0 Å². The molecule has 2 N–H and O–H groups in total. The number of nitrogens with zero attached hydrogens (tertiary/aromatic N) is 1. The number of hydrogen-bond donors (Lipinski definition) is 1. The number of furan rings is 1. The van der Waals surface area contributed by atoms with Crippen LogP contribution in [-0.2, 0) is 13.1 Å². The summed E-state index contributed by atoms with van der Waals surface area (Å²) < 4.78 is 6.46. The van der Waals surface area contributed by atoms with Gasteiger partial charge in [-0.3, -0.25) is 0 Å². The summed E-state index contributed by atoms with van der Waals surface area (Å²) in [4.78, 5) is 2.26. The van der Waals surface area contributed by atoms with Crippen LogP contribution < -0.4 is 10.6 Å². The summed E-state index contributed by atoms with van der Waals surface area (Å²) in [6, 6.07) is 10.1. The Morgan fingerprint density at radius 1 is 1.33 bits per heavy atom. The zero-order valence-electron chi connectivity index (χ0n) is 10.4. The first-order valence-electron chi connectivity index (χ1n) is 6.00. The largest absolute Gasteiger partial charge is 0.467 e. The van der Waals surface area contributed by atoms with Crippen LogP contribution in [0.4, 0.5) is 5.69 Å². The Bertz CT molecular complexity index is 497. The molecule has 0 aliphatic carbocycles. The van der Waals surface area contributed by atoms with Crippen molar-refractivity contribution in [2.24, 2.45) is 5.73 Å². The maximum absolute atomic E-state index is 5.81. The van der Waals surface area contributed by atoms with Crippen molar-refractivity contribution in [3.63, 3.8) is 0 Å². The summed E-state index contributed by atoms with van der Waals surface area (Å²) in [5.41, 5.74) is 8.12. The highest BCUT2D eigenvalue weighted by atomic mass is 79.9. The van der Waals surface area contributed by atoms with Crippen molar-refractivity contribution in [1.29, 1.82) is 0 Å². The molecular formula is C14H17BrN2O. The van der Waals surface area contributed by atoms with E-state index in [0.717, 1.165) is 28.9 Å². The van der Waals surface area contributed by atoms with Gasteiger partial charge in [-0.2, -0.15) is 0 Å². The van der Waals surface area contributed by atoms with E-state index < -0.39 is 0 Å². The van der Waals surface area contributed by atoms with E-state index in [4.69, 9.17) is 10.2 Å². The number of rotatable bonds is 5. The topological polar surface area (TPSA) is 42.4 Å². The van der Waals surface area contributed by atoms with Crippen molar-refractivity contribution in [3.05, 3.63) is 52.4 Å². The van der Waals surface area contributed by atoms with Gasteiger partial charge in [0.2, 0.25) is 0 Å². The first kappa shape index (κ1) is 13.2. The van der Waals surface area contributed by atoms with Gasteiger partial charge in [-0.05, 0) is 42.8 Å². The summed E-state index contributed by atoms with van der Waals surface area (Å²) >= 11 is 3.48. The molecule has 1 aromatic carbocycles. The van der Waals surface area contributed by atoms with Crippen LogP contribution >= 0.6 is 15.9 Å². The number of nitrogens with two attached hydrogens (primary N) is 1. The maximum atomic E-state index is 5.81. The third-order valence-corrected chi connectivity index (χ3v) is 3.40. The Morgan fingerprint density at radius 2 is 2.17 bits per heavy atom. The first-order chi connectivity index (χ1) is 8.74. The zero-order chi connectivity index (χ0) is 13.0. The SMILES string of the molecule is CCN(Cc1ccco1)c1ccc(Br)cc1CN. The van der Waals surface area contributed by atoms with Crippen LogP contribution in [0.2, 0.25) is 0 Å². The van der Waals surface area contributed by atoms with Crippen molar-refractivity contribution in [1.82, 2.24) is 0 Å². The fourth-order valence-corrected chi connectivity index (χ4v) is 2.39. The molecule has 0 bridgehead atoms. The summed E-state index contributed by atoms with van der Waals surface area (Å²) in [5, 5.41) is 0. The summed E-state index contributed by atoms with van der Waals surface area (Å²) in [6.45, 7) is 4.34. The van der Waals surface area contributed by atoms with Gasteiger partial charge in [0, 0.05) is 23.2 Å². The molecule has 0 atom stereocenters. The average molecular weight is 309 g/mol. The Balaban J connectivity index is 2.26. The monoisotopic (exact) mass is 308 g/mol. The average Bonchev–Trinajstić information content (AvgIpc) is 2.89. The Hall–Kier alpha value is -1.26. The number of hydrogen-bond acceptors (Lipinski definition) is 3. The molecule has 0 saturated carbocycles. The molecule has 0 unspecified atom stereocenters. The molecule has 0 saturated heterocycles. The molecule has 0 fully saturated rings. The van der Waals surface area contributed by atoms with Gasteiger partial charge in [-0.25, -0.2) is 0 Å². The van der Waals surface area contributed by atoms with Crippen LogP contribution in [0.3, 0.4) is 0 Å². The minimum atomic E-state index is 0.531. The van der Waals surface area contributed by atoms with E-state index in [2.05, 4.69) is 39.9 Å². The fraction of sp³-hybridized carbons (Fsp3) is 0.286. The molecular weight excluding hydrogens is 292 g/mol. The van der Waals surface area contributed by atoms with Gasteiger partial charge in [-0.15, -0.1) is 0 Å². The lowest BCUT2D eigenvalue weighted by molar-refractivity contribution is 0.503. The smallest absolute Gasteiger partial charge is 0.123 e. The molecule has 0 radical (unpaired) electrons. The normalized spacial score (nSPS) is 10.6. The Labute approximate surface area is 116 Å². The van der Waals surface area contributed by atoms with Crippen LogP contribution in [0, 0.1) is 0 Å². The summed E-state index contributed by atoms with van der Waals surface area (Å²) in [5.74, 6) is 0.961. The molecule has 0 aliphatic heterocycles. The van der Waals surface area contributed by atoms with Crippen molar-refractivity contribution in [3.8, 4) is 0 Å². The predicted molar refractivity (Wildman–Crippen MR) is 77.5 cm³/mol. The van der Waals surface area contributed by atoms with Crippen molar-refractivity contribution < 1.29 is 4.42 Å². The summed E-state index contributed by atoms with van der Waals surface area (Å²) in [6.07, 6.45) is 1.70. The third-order valence-electron chi connectivity index (χ3n) is 2.91. The van der Waals surface area contributed by atoms with Gasteiger partial charge >= 0.3 is 0 Å². The minimum Gasteiger partial charge on any atom is -0.467 e. The van der Waals surface area contributed by atoms with E-state index in [-0.39, 0.29) is 0 Å². The minimum absolute atomic E-state index is 0.531. The Morgan fingerprint density at radius 3 is 2.78 bits per heavy atom.